The second-order valence-corrected chi connectivity index (χ2v) is 34.4. The van der Waals surface area contributed by atoms with Crippen LogP contribution in [0.5, 0.6) is 5.75 Å². The molecule has 3 fully saturated rings. The number of carboxylic acids is 1. The molecule has 2 aromatic heterocycles. The monoisotopic (exact) mass is 1830 g/mol. The van der Waals surface area contributed by atoms with E-state index < -0.39 is 261 Å². The molecule has 0 bridgehead atoms. The number of thioether (sulfide) groups is 1. The molecule has 130 heavy (non-hydrogen) atoms. The number of nitrogens with one attached hydrogen (secondary N) is 12. The Balaban J connectivity index is 1.18. The van der Waals surface area contributed by atoms with E-state index in [0.29, 0.717) is 69.5 Å². The number of hydrogen-bond acceptors (Lipinski definition) is 23. The SMILES string of the molecule is CCCC[C@H]1C(=O)N(C)[C@@H](CCCC)C(=O)N[C@@H](CCC(=O)O)C(=O)N[C@H](C(=O)NCC(N)=O)CSCC(=O)NC(Cc2ccc(O)cc2)C(=O)N(C)[C@@H](C)C(=O)N[C@@H](CC(N)=O)C(=O)N2CCC[C@H]2C(=O)N[C@@H](CN)C(=O)N[C@@H](CC(C)C)C(=O)N2C[C@H](O)C[C@H]2C(=O)N[C@@H](Cc2c[nH]c3ccccc23)C(=O)N[C@@H](CO)C(=O)N[C@@H](Cc2c[nH]c3ccccc23)C(=O)N1C. The Bertz CT molecular complexity index is 4910. The van der Waals surface area contributed by atoms with Crippen LogP contribution >= 0.6 is 11.8 Å². The molecule has 17 amide bonds. The summed E-state index contributed by atoms with van der Waals surface area (Å²) >= 11 is 0.706. The molecule has 0 aliphatic carbocycles. The van der Waals surface area contributed by atoms with Crippen molar-refractivity contribution in [2.45, 2.75) is 228 Å². The number of nitrogens with zero attached hydrogens (tertiary/aromatic N) is 5. The van der Waals surface area contributed by atoms with Crippen molar-refractivity contribution in [3.05, 3.63) is 102 Å². The average Bonchev–Trinajstić information content (AvgIpc) is 1.59. The minimum absolute atomic E-state index is 0.0259. The predicted molar refractivity (Wildman–Crippen MR) is 474 cm³/mol. The molecule has 3 aromatic carbocycles. The minimum atomic E-state index is -1.90. The van der Waals surface area contributed by atoms with Crippen molar-refractivity contribution in [3.8, 4) is 5.75 Å². The minimum Gasteiger partial charge on any atom is -0.508 e. The van der Waals surface area contributed by atoms with Gasteiger partial charge < -0.3 is 125 Å². The molecule has 43 heteroatoms. The molecule has 0 saturated carbocycles. The summed E-state index contributed by atoms with van der Waals surface area (Å²) in [6.07, 6.45) is -0.278. The van der Waals surface area contributed by atoms with Crippen LogP contribution in [0, 0.1) is 5.92 Å². The van der Waals surface area contributed by atoms with E-state index >= 15 is 33.6 Å². The third-order valence-electron chi connectivity index (χ3n) is 23.2. The van der Waals surface area contributed by atoms with Gasteiger partial charge >= 0.3 is 5.97 Å². The van der Waals surface area contributed by atoms with E-state index in [1.165, 1.54) is 52.3 Å². The number of aromatic nitrogens is 2. The van der Waals surface area contributed by atoms with E-state index in [1.807, 2.05) is 6.92 Å². The molecule has 1 unspecified atom stereocenters. The number of rotatable bonds is 24. The lowest BCUT2D eigenvalue weighted by Gasteiger charge is -2.36. The van der Waals surface area contributed by atoms with Crippen molar-refractivity contribution in [2.24, 2.45) is 23.1 Å². The number of carbonyl (C=O) groups is 18. The Labute approximate surface area is 755 Å². The number of para-hydroxylation sites is 2. The van der Waals surface area contributed by atoms with E-state index in [-0.39, 0.29) is 76.0 Å². The number of aromatic amines is 2. The van der Waals surface area contributed by atoms with Gasteiger partial charge in [-0.05, 0) is 92.3 Å². The molecule has 3 aliphatic rings. The van der Waals surface area contributed by atoms with Gasteiger partial charge in [0.25, 0.3) is 0 Å². The van der Waals surface area contributed by atoms with E-state index in [9.17, 15) is 73.2 Å². The van der Waals surface area contributed by atoms with Crippen molar-refractivity contribution in [1.29, 1.82) is 0 Å². The van der Waals surface area contributed by atoms with Gasteiger partial charge in [-0.3, -0.25) is 86.3 Å². The van der Waals surface area contributed by atoms with Crippen LogP contribution in [0.3, 0.4) is 0 Å². The van der Waals surface area contributed by atoms with Crippen LogP contribution in [0.15, 0.2) is 85.2 Å². The highest BCUT2D eigenvalue weighted by Crippen LogP contribution is 2.28. The number of unbranched alkanes of at least 4 members (excludes halogenated alkanes) is 2. The van der Waals surface area contributed by atoms with Gasteiger partial charge in [0, 0.05) is 113 Å². The van der Waals surface area contributed by atoms with Gasteiger partial charge in [-0.25, -0.2) is 0 Å². The predicted octanol–water partition coefficient (Wildman–Crippen LogP) is -3.33. The number of carboxylic acid groups (broad SMARTS) is 1. The largest absolute Gasteiger partial charge is 0.508 e. The summed E-state index contributed by atoms with van der Waals surface area (Å²) in [7, 11) is 3.79. The number of aliphatic hydroxyl groups excluding tert-OH is 2. The van der Waals surface area contributed by atoms with E-state index in [4.69, 9.17) is 17.2 Å². The van der Waals surface area contributed by atoms with Crippen LogP contribution in [-0.2, 0) is 106 Å². The quantitative estimate of drug-likeness (QED) is 0.0287. The second kappa shape index (κ2) is 48.6. The summed E-state index contributed by atoms with van der Waals surface area (Å²) in [4.78, 5) is 271. The Hall–Kier alpha value is -12.8. The van der Waals surface area contributed by atoms with Crippen molar-refractivity contribution in [1.82, 2.24) is 87.6 Å². The van der Waals surface area contributed by atoms with Crippen LogP contribution in [0.25, 0.3) is 21.8 Å². The van der Waals surface area contributed by atoms with Gasteiger partial charge in [0.05, 0.1) is 31.4 Å². The molecule has 15 atom stereocenters. The average molecular weight is 1830 g/mol. The van der Waals surface area contributed by atoms with Crippen LogP contribution in [-0.4, -0.2) is 317 Å². The maximum atomic E-state index is 15.7. The third-order valence-corrected chi connectivity index (χ3v) is 24.3. The smallest absolute Gasteiger partial charge is 0.303 e. The first-order chi connectivity index (χ1) is 61.8. The summed E-state index contributed by atoms with van der Waals surface area (Å²) in [6.45, 7) is 5.24. The number of amides is 17. The Morgan fingerprint density at radius 2 is 1.06 bits per heavy atom. The number of fused-ring (bicyclic) bond motifs is 4. The van der Waals surface area contributed by atoms with Crippen LogP contribution in [0.2, 0.25) is 0 Å². The lowest BCUT2D eigenvalue weighted by atomic mass is 10.00. The van der Waals surface area contributed by atoms with Crippen LogP contribution < -0.4 is 70.4 Å². The molecule has 3 saturated heterocycles. The zero-order valence-corrected chi connectivity index (χ0v) is 74.9. The van der Waals surface area contributed by atoms with E-state index in [1.54, 1.807) is 81.7 Å². The summed E-state index contributed by atoms with van der Waals surface area (Å²) in [5.74, 6) is -19.9. The number of phenols is 1. The molecule has 0 spiro atoms. The van der Waals surface area contributed by atoms with Gasteiger partial charge in [0.2, 0.25) is 100 Å². The Kier molecular flexibility index (Phi) is 38.4. The van der Waals surface area contributed by atoms with E-state index in [2.05, 4.69) is 63.1 Å². The highest BCUT2D eigenvalue weighted by atomic mass is 32.2. The number of aliphatic hydroxyl groups is 2. The lowest BCUT2D eigenvalue weighted by molar-refractivity contribution is -0.149. The first-order valence-corrected chi connectivity index (χ1v) is 44.6. The molecule has 708 valence electrons. The summed E-state index contributed by atoms with van der Waals surface area (Å²) in [5.41, 5.74) is 19.8. The standard InChI is InChI=1S/C87H122N20O22S/c1-9-11-22-66-80(122)95-57(29-30-73(114)115)76(118)102-65(75(117)93-41-71(90)112)44-130-45-72(113)94-60(33-48-25-27-51(109)28-26-48)83(125)103(6)47(5)74(116)97-62(37-70(89)111)85(127)106-31-17-24-67(106)81(123)100-63(38-88)78(120)98-59(32-46(3)4)86(128)107-42-52(110)36-69(107)82(124)96-58(34-49-39-91-55-20-15-13-18-53(49)55)77(119)101-64(43-108)79(121)99-61(35-50-40-92-56-21-16-14-19-54(50)56)84(126)105(8)68(23-12-10-2)87(129)104(66)7/h13-16,18-21,25-28,39-40,46-47,52,57-69,91-92,108-110H,9-12,17,22-24,29-38,41-45,88H2,1-8H3,(H2,89,111)(H2,90,112)(H,93,117)(H,94,113)(H,95,122)(H,96,124)(H,97,116)(H,98,120)(H,99,121)(H,100,123)(H,101,119)(H,102,118)(H,114,115)/t47-,52+,57-,58-,59-,60?,61-,62-,63-,64-,65-,66-,67-,68-,69-/m0/s1. The summed E-state index contributed by atoms with van der Waals surface area (Å²) in [6, 6.07) is -3.00. The maximum absolute atomic E-state index is 15.7. The third kappa shape index (κ3) is 28.1. The van der Waals surface area contributed by atoms with E-state index in [0.717, 1.165) is 24.5 Å². The fourth-order valence-electron chi connectivity index (χ4n) is 15.9. The molecule has 5 heterocycles. The zero-order valence-electron chi connectivity index (χ0n) is 74.1. The van der Waals surface area contributed by atoms with Crippen molar-refractivity contribution in [2.75, 3.05) is 65.4 Å². The summed E-state index contributed by atoms with van der Waals surface area (Å²) in [5, 5.41) is 69.5. The fourth-order valence-corrected chi connectivity index (χ4v) is 16.8. The number of aromatic hydroxyl groups is 1. The van der Waals surface area contributed by atoms with Gasteiger partial charge in [-0.2, -0.15) is 0 Å². The van der Waals surface area contributed by atoms with Gasteiger partial charge in [-0.1, -0.05) is 102 Å². The number of phenolic OH excluding ortho intramolecular Hbond substituents is 1. The molecule has 42 nitrogen and oxygen atoms in total. The topological polar surface area (TPSA) is 634 Å². The first-order valence-electron chi connectivity index (χ1n) is 43.4. The second-order valence-electron chi connectivity index (χ2n) is 33.4. The lowest BCUT2D eigenvalue weighted by Crippen LogP contribution is -2.62. The highest BCUT2D eigenvalue weighted by Gasteiger charge is 2.47. The number of carbonyl (C=O) groups excluding carboxylic acids is 17. The molecular weight excluding hydrogens is 1710 g/mol. The zero-order chi connectivity index (χ0) is 95.5. The van der Waals surface area contributed by atoms with Crippen LogP contribution in [0.4, 0.5) is 0 Å². The van der Waals surface area contributed by atoms with Gasteiger partial charge in [0.15, 0.2) is 0 Å². The number of primary amides is 2. The molecule has 0 radical (unpaired) electrons. The number of likely N-dealkylation sites (N-methyl/N-ethyl adjacent to an activating group) is 3. The highest BCUT2D eigenvalue weighted by molar-refractivity contribution is 8.00. The Morgan fingerprint density at radius 1 is 0.546 bits per heavy atom. The van der Waals surface area contributed by atoms with Crippen molar-refractivity contribution in [3.63, 3.8) is 0 Å². The number of benzene rings is 3. The molecule has 22 N–H and O–H groups in total. The normalized spacial score (nSPS) is 25.3. The number of hydrogen-bond donors (Lipinski definition) is 19. The number of nitrogens with two attached hydrogens (primary N) is 3. The molecular formula is C87H122N20O22S. The number of aliphatic carboxylic acids is 1. The Morgan fingerprint density at radius 3 is 1.65 bits per heavy atom. The number of H-pyrrole nitrogens is 2. The molecule has 3 aliphatic heterocycles. The molecule has 5 aromatic rings. The van der Waals surface area contributed by atoms with Gasteiger partial charge in [0.1, 0.15) is 90.3 Å². The van der Waals surface area contributed by atoms with Crippen molar-refractivity contribution < 1.29 is 107 Å². The van der Waals surface area contributed by atoms with Gasteiger partial charge in [-0.15, -0.1) is 11.8 Å². The molecule has 8 rings (SSSR count). The summed E-state index contributed by atoms with van der Waals surface area (Å²) < 4.78 is 0. The van der Waals surface area contributed by atoms with Crippen LogP contribution in [0.1, 0.15) is 135 Å². The first kappa shape index (κ1) is 103. The maximum Gasteiger partial charge on any atom is 0.303 e. The fraction of sp³-hybridized carbons (Fsp3) is 0.540. The van der Waals surface area contributed by atoms with Crippen molar-refractivity contribution >= 4 is 140 Å².